The van der Waals surface area contributed by atoms with Gasteiger partial charge in [0.1, 0.15) is 5.83 Å². The van der Waals surface area contributed by atoms with Gasteiger partial charge in [-0.25, -0.2) is 4.39 Å². The molecule has 0 aliphatic rings. The van der Waals surface area contributed by atoms with Crippen LogP contribution in [0.1, 0.15) is 6.92 Å². The summed E-state index contributed by atoms with van der Waals surface area (Å²) < 4.78 is 12.0. The maximum Gasteiger partial charge on any atom is 0.141 e. The minimum Gasteiger partial charge on any atom is -0.269 e. The molecule has 0 heterocycles. The molecule has 0 radical (unpaired) electrons. The van der Waals surface area contributed by atoms with E-state index in [4.69, 9.17) is 0 Å². The summed E-state index contributed by atoms with van der Waals surface area (Å²) in [6.07, 6.45) is 3.96. The highest BCUT2D eigenvalue weighted by Crippen LogP contribution is 1.96. The fraction of sp³-hybridized carbons (Fsp3) is 0.167. The van der Waals surface area contributed by atoms with Crippen LogP contribution in [0.25, 0.3) is 0 Å². The van der Waals surface area contributed by atoms with Crippen LogP contribution >= 0.6 is 0 Å². The molecule has 0 atom stereocenters. The van der Waals surface area contributed by atoms with E-state index in [-0.39, 0.29) is 5.83 Å². The van der Waals surface area contributed by atoms with E-state index in [1.54, 1.807) is 13.0 Å². The predicted octanol–water partition coefficient (Wildman–Crippen LogP) is 2.07. The van der Waals surface area contributed by atoms with E-state index >= 15 is 0 Å². The topological polar surface area (TPSA) is 12.4 Å². The lowest BCUT2D eigenvalue weighted by Gasteiger charge is -1.77. The van der Waals surface area contributed by atoms with Crippen molar-refractivity contribution in [3.63, 3.8) is 0 Å². The van der Waals surface area contributed by atoms with E-state index in [1.807, 2.05) is 0 Å². The van der Waals surface area contributed by atoms with Gasteiger partial charge in [0.25, 0.3) is 0 Å². The number of rotatable bonds is 2. The number of halogens is 1. The molecule has 1 nitrogen and oxygen atoms in total. The van der Waals surface area contributed by atoms with Gasteiger partial charge in [-0.2, -0.15) is 0 Å². The maximum atomic E-state index is 12.0. The van der Waals surface area contributed by atoms with Gasteiger partial charge in [-0.3, -0.25) is 4.99 Å². The van der Waals surface area contributed by atoms with Crippen molar-refractivity contribution in [2.75, 3.05) is 0 Å². The standard InChI is InChI=1S/C6H8FN/c1-3-4-6(7)5-8-2/h3-5H,2H2,1H3/b4-3-,6-5+. The van der Waals surface area contributed by atoms with Crippen LogP contribution < -0.4 is 0 Å². The summed E-state index contributed by atoms with van der Waals surface area (Å²) in [5.41, 5.74) is 0. The van der Waals surface area contributed by atoms with Gasteiger partial charge < -0.3 is 0 Å². The molecular weight excluding hydrogens is 105 g/mol. The van der Waals surface area contributed by atoms with E-state index in [2.05, 4.69) is 11.7 Å². The zero-order chi connectivity index (χ0) is 6.41. The van der Waals surface area contributed by atoms with Gasteiger partial charge in [0.05, 0.1) is 6.20 Å². The van der Waals surface area contributed by atoms with Crippen molar-refractivity contribution in [1.29, 1.82) is 0 Å². The molecule has 0 spiro atoms. The van der Waals surface area contributed by atoms with Gasteiger partial charge >= 0.3 is 0 Å². The molecule has 0 rings (SSSR count). The number of hydrogen-bond donors (Lipinski definition) is 0. The highest BCUT2D eigenvalue weighted by molar-refractivity contribution is 5.27. The van der Waals surface area contributed by atoms with Crippen LogP contribution in [0.3, 0.4) is 0 Å². The molecule has 0 aliphatic carbocycles. The first-order valence-corrected chi connectivity index (χ1v) is 2.25. The summed E-state index contributed by atoms with van der Waals surface area (Å²) in [6.45, 7) is 4.82. The molecule has 0 aromatic carbocycles. The molecule has 0 aromatic rings. The highest BCUT2D eigenvalue weighted by atomic mass is 19.1. The summed E-state index contributed by atoms with van der Waals surface area (Å²) >= 11 is 0. The Morgan fingerprint density at radius 3 is 2.75 bits per heavy atom. The smallest absolute Gasteiger partial charge is 0.141 e. The third-order valence-corrected chi connectivity index (χ3v) is 0.541. The van der Waals surface area contributed by atoms with Crippen LogP contribution in [0.4, 0.5) is 4.39 Å². The van der Waals surface area contributed by atoms with Crippen molar-refractivity contribution < 1.29 is 4.39 Å². The van der Waals surface area contributed by atoms with E-state index < -0.39 is 0 Å². The van der Waals surface area contributed by atoms with Crippen LogP contribution in [-0.2, 0) is 0 Å². The third-order valence-electron chi connectivity index (χ3n) is 0.541. The fourth-order valence-electron chi connectivity index (χ4n) is 0.289. The Balaban J connectivity index is 3.79. The molecule has 0 saturated carbocycles. The van der Waals surface area contributed by atoms with E-state index in [0.717, 1.165) is 6.20 Å². The van der Waals surface area contributed by atoms with Gasteiger partial charge in [-0.15, -0.1) is 0 Å². The second kappa shape index (κ2) is 4.24. The van der Waals surface area contributed by atoms with Crippen LogP contribution in [0.15, 0.2) is 29.2 Å². The van der Waals surface area contributed by atoms with Crippen molar-refractivity contribution in [3.05, 3.63) is 24.2 Å². The Hall–Kier alpha value is -0.920. The lowest BCUT2D eigenvalue weighted by atomic mass is 10.5. The van der Waals surface area contributed by atoms with Crippen LogP contribution in [-0.4, -0.2) is 6.72 Å². The second-order valence-corrected chi connectivity index (χ2v) is 1.20. The van der Waals surface area contributed by atoms with Gasteiger partial charge in [-0.05, 0) is 19.7 Å². The van der Waals surface area contributed by atoms with Crippen LogP contribution in [0, 0.1) is 0 Å². The Kier molecular flexibility index (Phi) is 3.76. The second-order valence-electron chi connectivity index (χ2n) is 1.20. The molecular formula is C6H8FN. The van der Waals surface area contributed by atoms with Crippen molar-refractivity contribution in [3.8, 4) is 0 Å². The van der Waals surface area contributed by atoms with Crippen molar-refractivity contribution in [2.24, 2.45) is 4.99 Å². The lowest BCUT2D eigenvalue weighted by Crippen LogP contribution is -1.59. The molecule has 0 aromatic heterocycles. The molecule has 8 heavy (non-hydrogen) atoms. The molecule has 0 aliphatic heterocycles. The molecule has 0 amide bonds. The first kappa shape index (κ1) is 7.08. The SMILES string of the molecule is C=N/C=C(F)\C=C/C. The minimum atomic E-state index is -0.373. The molecule has 0 saturated heterocycles. The Bertz CT molecular complexity index is 124. The summed E-state index contributed by atoms with van der Waals surface area (Å²) in [6, 6.07) is 0. The van der Waals surface area contributed by atoms with Gasteiger partial charge in [-0.1, -0.05) is 6.08 Å². The first-order chi connectivity index (χ1) is 3.81. The molecule has 0 N–H and O–H groups in total. The molecule has 44 valence electrons. The Morgan fingerprint density at radius 1 is 1.75 bits per heavy atom. The van der Waals surface area contributed by atoms with Crippen molar-refractivity contribution in [1.82, 2.24) is 0 Å². The van der Waals surface area contributed by atoms with E-state index in [1.165, 1.54) is 6.08 Å². The summed E-state index contributed by atoms with van der Waals surface area (Å²) in [5.74, 6) is -0.373. The number of hydrogen-bond acceptors (Lipinski definition) is 1. The Labute approximate surface area is 48.2 Å². The normalized spacial score (nSPS) is 12.5. The number of allylic oxidation sites excluding steroid dienone is 3. The van der Waals surface area contributed by atoms with Gasteiger partial charge in [0, 0.05) is 0 Å². The third kappa shape index (κ3) is 3.28. The van der Waals surface area contributed by atoms with Gasteiger partial charge in [0.2, 0.25) is 0 Å². The largest absolute Gasteiger partial charge is 0.269 e. The fourth-order valence-corrected chi connectivity index (χ4v) is 0.289. The average Bonchev–Trinajstić information content (AvgIpc) is 1.68. The maximum absolute atomic E-state index is 12.0. The van der Waals surface area contributed by atoms with E-state index in [0.29, 0.717) is 0 Å². The van der Waals surface area contributed by atoms with Crippen molar-refractivity contribution >= 4 is 6.72 Å². The molecule has 0 bridgehead atoms. The Morgan fingerprint density at radius 2 is 2.38 bits per heavy atom. The van der Waals surface area contributed by atoms with Crippen molar-refractivity contribution in [2.45, 2.75) is 6.92 Å². The quantitative estimate of drug-likeness (QED) is 0.384. The summed E-state index contributed by atoms with van der Waals surface area (Å²) in [7, 11) is 0. The minimum absolute atomic E-state index is 0.373. The zero-order valence-corrected chi connectivity index (χ0v) is 4.76. The van der Waals surface area contributed by atoms with Gasteiger partial charge in [0.15, 0.2) is 0 Å². The molecule has 0 unspecified atom stereocenters. The predicted molar refractivity (Wildman–Crippen MR) is 33.6 cm³/mol. The monoisotopic (exact) mass is 113 g/mol. The molecule has 2 heteroatoms. The van der Waals surface area contributed by atoms with Crippen LogP contribution in [0.5, 0.6) is 0 Å². The number of aliphatic imine (C=N–C) groups is 1. The summed E-state index contributed by atoms with van der Waals surface area (Å²) in [4.78, 5) is 3.22. The van der Waals surface area contributed by atoms with Crippen LogP contribution in [0.2, 0.25) is 0 Å². The summed E-state index contributed by atoms with van der Waals surface area (Å²) in [5, 5.41) is 0. The van der Waals surface area contributed by atoms with E-state index in [9.17, 15) is 4.39 Å². The zero-order valence-electron chi connectivity index (χ0n) is 4.76. The highest BCUT2D eigenvalue weighted by Gasteiger charge is 1.78. The first-order valence-electron chi connectivity index (χ1n) is 2.25. The average molecular weight is 113 g/mol. The lowest BCUT2D eigenvalue weighted by molar-refractivity contribution is 0.663. The molecule has 0 fully saturated rings. The number of nitrogens with zero attached hydrogens (tertiary/aromatic N) is 1.